The van der Waals surface area contributed by atoms with Crippen LogP contribution in [0.4, 0.5) is 0 Å². The predicted molar refractivity (Wildman–Crippen MR) is 77.4 cm³/mol. The molecule has 0 aliphatic carbocycles. The zero-order valence-corrected chi connectivity index (χ0v) is 13.1. The molecule has 0 aromatic heterocycles. The van der Waals surface area contributed by atoms with E-state index in [1.54, 1.807) is 23.6 Å². The minimum Gasteiger partial charge on any atom is -0.340 e. The van der Waals surface area contributed by atoms with E-state index in [4.69, 9.17) is 0 Å². The number of benzene rings is 1. The molecule has 0 aliphatic rings. The lowest BCUT2D eigenvalue weighted by atomic mass is 10.1. The van der Waals surface area contributed by atoms with E-state index in [-0.39, 0.29) is 11.4 Å². The Morgan fingerprint density at radius 3 is 2.35 bits per heavy atom. The van der Waals surface area contributed by atoms with Crippen LogP contribution < -0.4 is 0 Å². The summed E-state index contributed by atoms with van der Waals surface area (Å²) in [4.78, 5) is 14.4. The number of carbonyl (C=O) groups is 1. The third kappa shape index (κ3) is 4.36. The second kappa shape index (κ2) is 5.91. The van der Waals surface area contributed by atoms with E-state index in [1.807, 2.05) is 19.2 Å². The van der Waals surface area contributed by atoms with Crippen LogP contribution in [-0.2, 0) is 4.79 Å². The second-order valence-corrected chi connectivity index (χ2v) is 6.60. The third-order valence-electron chi connectivity index (χ3n) is 2.79. The Labute approximate surface area is 116 Å². The van der Waals surface area contributed by atoms with Gasteiger partial charge in [-0.3, -0.25) is 4.79 Å². The lowest BCUT2D eigenvalue weighted by molar-refractivity contribution is -0.131. The van der Waals surface area contributed by atoms with E-state index in [0.717, 1.165) is 10.2 Å². The van der Waals surface area contributed by atoms with E-state index in [0.29, 0.717) is 0 Å². The molecule has 17 heavy (non-hydrogen) atoms. The highest BCUT2D eigenvalue weighted by Crippen LogP contribution is 2.26. The molecule has 1 aromatic carbocycles. The molecular weight excluding hydrogens is 298 g/mol. The number of carbonyl (C=O) groups excluding carboxylic acids is 1. The Bertz CT molecular complexity index is 389. The van der Waals surface area contributed by atoms with Crippen LogP contribution in [-0.4, -0.2) is 29.1 Å². The Balaban J connectivity index is 2.60. The maximum atomic E-state index is 11.4. The van der Waals surface area contributed by atoms with Crippen molar-refractivity contribution in [1.29, 1.82) is 0 Å². The maximum Gasteiger partial charge on any atom is 0.219 e. The summed E-state index contributed by atoms with van der Waals surface area (Å²) in [5, 5.41) is 0. The van der Waals surface area contributed by atoms with Gasteiger partial charge in [0.2, 0.25) is 5.91 Å². The molecule has 0 spiro atoms. The number of thioether (sulfide) groups is 1. The van der Waals surface area contributed by atoms with Gasteiger partial charge in [-0.1, -0.05) is 15.9 Å². The number of amides is 1. The van der Waals surface area contributed by atoms with Crippen molar-refractivity contribution in [1.82, 2.24) is 4.90 Å². The lowest BCUT2D eigenvalue weighted by Gasteiger charge is -2.34. The zero-order chi connectivity index (χ0) is 13.1. The Hall–Kier alpha value is -0.480. The van der Waals surface area contributed by atoms with Gasteiger partial charge >= 0.3 is 0 Å². The first-order valence-corrected chi connectivity index (χ1v) is 7.23. The summed E-state index contributed by atoms with van der Waals surface area (Å²) in [5.41, 5.74) is -0.135. The summed E-state index contributed by atoms with van der Waals surface area (Å²) in [6.07, 6.45) is 0. The summed E-state index contributed by atoms with van der Waals surface area (Å²) in [5.74, 6) is 0.983. The first-order chi connectivity index (χ1) is 7.83. The summed E-state index contributed by atoms with van der Waals surface area (Å²) in [6.45, 7) is 5.77. The van der Waals surface area contributed by atoms with Crippen molar-refractivity contribution < 1.29 is 4.79 Å². The minimum atomic E-state index is -0.135. The van der Waals surface area contributed by atoms with Crippen molar-refractivity contribution in [2.45, 2.75) is 31.2 Å². The number of halogens is 1. The predicted octanol–water partition coefficient (Wildman–Crippen LogP) is 3.80. The monoisotopic (exact) mass is 315 g/mol. The number of rotatable bonds is 4. The molecule has 1 aromatic rings. The molecule has 94 valence electrons. The van der Waals surface area contributed by atoms with Crippen molar-refractivity contribution >= 4 is 33.6 Å². The lowest BCUT2D eigenvalue weighted by Crippen LogP contribution is -2.45. The van der Waals surface area contributed by atoms with Crippen molar-refractivity contribution in [3.05, 3.63) is 28.7 Å². The van der Waals surface area contributed by atoms with Gasteiger partial charge in [-0.15, -0.1) is 11.8 Å². The fourth-order valence-electron chi connectivity index (χ4n) is 1.31. The van der Waals surface area contributed by atoms with Crippen molar-refractivity contribution in [3.63, 3.8) is 0 Å². The number of hydrogen-bond donors (Lipinski definition) is 0. The van der Waals surface area contributed by atoms with E-state index in [1.165, 1.54) is 4.90 Å². The van der Waals surface area contributed by atoms with Crippen molar-refractivity contribution in [2.75, 3.05) is 12.8 Å². The van der Waals surface area contributed by atoms with E-state index < -0.39 is 0 Å². The molecule has 0 heterocycles. The zero-order valence-electron chi connectivity index (χ0n) is 10.7. The summed E-state index contributed by atoms with van der Waals surface area (Å²) in [6, 6.07) is 8.23. The molecular formula is C13H18BrNOS. The minimum absolute atomic E-state index is 0.103. The van der Waals surface area contributed by atoms with Crippen LogP contribution in [0.3, 0.4) is 0 Å². The van der Waals surface area contributed by atoms with E-state index in [2.05, 4.69) is 41.9 Å². The first kappa shape index (κ1) is 14.6. The molecule has 0 aliphatic heterocycles. The first-order valence-electron chi connectivity index (χ1n) is 5.46. The fourth-order valence-corrected chi connectivity index (χ4v) is 2.62. The maximum absolute atomic E-state index is 11.4. The number of hydrogen-bond acceptors (Lipinski definition) is 2. The highest BCUT2D eigenvalue weighted by Gasteiger charge is 2.25. The molecule has 0 saturated heterocycles. The van der Waals surface area contributed by atoms with Crippen LogP contribution in [0.15, 0.2) is 33.6 Å². The fraction of sp³-hybridized carbons (Fsp3) is 0.462. The van der Waals surface area contributed by atoms with Gasteiger partial charge < -0.3 is 4.90 Å². The van der Waals surface area contributed by atoms with Gasteiger partial charge in [-0.05, 0) is 38.1 Å². The Morgan fingerprint density at radius 2 is 1.88 bits per heavy atom. The van der Waals surface area contributed by atoms with Gasteiger partial charge in [0.25, 0.3) is 0 Å². The van der Waals surface area contributed by atoms with Crippen LogP contribution in [0, 0.1) is 0 Å². The molecule has 0 N–H and O–H groups in total. The summed E-state index contributed by atoms with van der Waals surface area (Å²) < 4.78 is 1.09. The van der Waals surface area contributed by atoms with Crippen molar-refractivity contribution in [2.24, 2.45) is 0 Å². The van der Waals surface area contributed by atoms with Crippen LogP contribution in [0.25, 0.3) is 0 Å². The van der Waals surface area contributed by atoms with E-state index in [9.17, 15) is 4.79 Å². The second-order valence-electron chi connectivity index (χ2n) is 4.63. The quantitative estimate of drug-likeness (QED) is 0.788. The molecule has 1 rings (SSSR count). The average molecular weight is 316 g/mol. The standard InChI is InChI=1S/C13H18BrNOS/c1-10(16)15(4)13(2,3)9-17-12-7-5-11(14)6-8-12/h5-8H,9H2,1-4H3. The molecule has 1 amide bonds. The largest absolute Gasteiger partial charge is 0.340 e. The molecule has 0 unspecified atom stereocenters. The highest BCUT2D eigenvalue weighted by atomic mass is 79.9. The van der Waals surface area contributed by atoms with Gasteiger partial charge in [0.15, 0.2) is 0 Å². The van der Waals surface area contributed by atoms with Gasteiger partial charge in [-0.2, -0.15) is 0 Å². The van der Waals surface area contributed by atoms with Crippen LogP contribution in [0.5, 0.6) is 0 Å². The summed E-state index contributed by atoms with van der Waals surface area (Å²) in [7, 11) is 1.85. The average Bonchev–Trinajstić information content (AvgIpc) is 2.27. The van der Waals surface area contributed by atoms with Crippen LogP contribution in [0.1, 0.15) is 20.8 Å². The molecule has 0 atom stereocenters. The molecule has 0 fully saturated rings. The highest BCUT2D eigenvalue weighted by molar-refractivity contribution is 9.10. The Kier molecular flexibility index (Phi) is 5.07. The topological polar surface area (TPSA) is 20.3 Å². The van der Waals surface area contributed by atoms with Gasteiger partial charge in [0, 0.05) is 34.6 Å². The molecule has 2 nitrogen and oxygen atoms in total. The molecule has 4 heteroatoms. The number of nitrogens with zero attached hydrogens (tertiary/aromatic N) is 1. The third-order valence-corrected chi connectivity index (χ3v) is 4.77. The normalized spacial score (nSPS) is 11.4. The van der Waals surface area contributed by atoms with Crippen molar-refractivity contribution in [3.8, 4) is 0 Å². The Morgan fingerprint density at radius 1 is 1.35 bits per heavy atom. The molecule has 0 bridgehead atoms. The van der Waals surface area contributed by atoms with E-state index >= 15 is 0 Å². The van der Waals surface area contributed by atoms with Gasteiger partial charge in [0.05, 0.1) is 0 Å². The summed E-state index contributed by atoms with van der Waals surface area (Å²) >= 11 is 5.18. The van der Waals surface area contributed by atoms with Crippen LogP contribution >= 0.6 is 27.7 Å². The molecule has 0 radical (unpaired) electrons. The SMILES string of the molecule is CC(=O)N(C)C(C)(C)CSc1ccc(Br)cc1. The smallest absolute Gasteiger partial charge is 0.219 e. The van der Waals surface area contributed by atoms with Crippen LogP contribution in [0.2, 0.25) is 0 Å². The van der Waals surface area contributed by atoms with Gasteiger partial charge in [-0.25, -0.2) is 0 Å². The van der Waals surface area contributed by atoms with Gasteiger partial charge in [0.1, 0.15) is 0 Å². The molecule has 0 saturated carbocycles.